The van der Waals surface area contributed by atoms with E-state index in [0.29, 0.717) is 29.0 Å². The highest BCUT2D eigenvalue weighted by atomic mass is 16.5. The summed E-state index contributed by atoms with van der Waals surface area (Å²) in [6.45, 7) is 5.96. The lowest BCUT2D eigenvalue weighted by Gasteiger charge is -2.21. The first-order valence-electron chi connectivity index (χ1n) is 14.3. The molecule has 0 saturated heterocycles. The van der Waals surface area contributed by atoms with Gasteiger partial charge < -0.3 is 25.1 Å². The van der Waals surface area contributed by atoms with Gasteiger partial charge in [0.25, 0.3) is 5.91 Å². The molecule has 1 amide bonds. The molecule has 2 aromatic heterocycles. The largest absolute Gasteiger partial charge is 0.466 e. The Bertz CT molecular complexity index is 1630. The van der Waals surface area contributed by atoms with Crippen LogP contribution in [0.25, 0.3) is 11.0 Å². The molecule has 0 saturated carbocycles. The Hall–Kier alpha value is -5.26. The third-order valence-electron chi connectivity index (χ3n) is 6.78. The maximum atomic E-state index is 13.6. The number of nitrogens with one attached hydrogen (secondary N) is 1. The molecule has 2 heterocycles. The molecule has 3 N–H and O–H groups in total. The van der Waals surface area contributed by atoms with E-state index in [9.17, 15) is 14.4 Å². The molecule has 0 radical (unpaired) electrons. The topological polar surface area (TPSA) is 154 Å². The van der Waals surface area contributed by atoms with Crippen molar-refractivity contribution in [1.82, 2.24) is 14.5 Å². The van der Waals surface area contributed by atoms with Crippen LogP contribution in [0.1, 0.15) is 48.9 Å². The number of benzene rings is 2. The van der Waals surface area contributed by atoms with E-state index in [4.69, 9.17) is 20.2 Å². The first-order valence-corrected chi connectivity index (χ1v) is 14.3. The van der Waals surface area contributed by atoms with Crippen LogP contribution in [0.15, 0.2) is 71.9 Å². The van der Waals surface area contributed by atoms with Gasteiger partial charge in [0.2, 0.25) is 0 Å². The van der Waals surface area contributed by atoms with Crippen molar-refractivity contribution >= 4 is 46.2 Å². The van der Waals surface area contributed by atoms with Crippen LogP contribution in [0.4, 0.5) is 11.5 Å². The lowest BCUT2D eigenvalue weighted by atomic mass is 10.1. The van der Waals surface area contributed by atoms with Crippen molar-refractivity contribution in [3.05, 3.63) is 83.8 Å². The zero-order valence-electron chi connectivity index (χ0n) is 25.3. The second-order valence-corrected chi connectivity index (χ2v) is 10.2. The SMILES string of the molecule is CCOC(=O)CCN(C(=O)c1ccc2c(c1)nc(CNc1ccc(/C(N)=N/COC(=O)C(C)C)cc1)n2C)c1ccccn1. The zero-order chi connectivity index (χ0) is 31.6. The minimum absolute atomic E-state index is 0.0475. The summed E-state index contributed by atoms with van der Waals surface area (Å²) in [5.41, 5.74) is 9.56. The number of nitrogens with zero attached hydrogens (tertiary/aromatic N) is 5. The average Bonchev–Trinajstić information content (AvgIpc) is 3.35. The molecule has 0 atom stereocenters. The summed E-state index contributed by atoms with van der Waals surface area (Å²) < 4.78 is 12.1. The van der Waals surface area contributed by atoms with Gasteiger partial charge >= 0.3 is 11.9 Å². The average molecular weight is 600 g/mol. The highest BCUT2D eigenvalue weighted by Crippen LogP contribution is 2.21. The van der Waals surface area contributed by atoms with Crippen LogP contribution < -0.4 is 16.0 Å². The Morgan fingerprint density at radius 3 is 2.48 bits per heavy atom. The van der Waals surface area contributed by atoms with E-state index in [1.165, 1.54) is 4.90 Å². The number of hydrogen-bond acceptors (Lipinski definition) is 9. The van der Waals surface area contributed by atoms with Crippen molar-refractivity contribution in [2.75, 3.05) is 30.1 Å². The molecule has 44 heavy (non-hydrogen) atoms. The van der Waals surface area contributed by atoms with Crippen molar-refractivity contribution in [2.45, 2.75) is 33.7 Å². The Balaban J connectivity index is 1.44. The number of nitrogens with two attached hydrogens (primary N) is 1. The molecule has 2 aromatic carbocycles. The van der Waals surface area contributed by atoms with E-state index < -0.39 is 0 Å². The fourth-order valence-electron chi connectivity index (χ4n) is 4.33. The van der Waals surface area contributed by atoms with Crippen LogP contribution in [-0.4, -0.2) is 58.1 Å². The summed E-state index contributed by atoms with van der Waals surface area (Å²) in [6.07, 6.45) is 1.65. The van der Waals surface area contributed by atoms with Crippen LogP contribution in [0.2, 0.25) is 0 Å². The van der Waals surface area contributed by atoms with Crippen LogP contribution in [0.3, 0.4) is 0 Å². The smallest absolute Gasteiger partial charge is 0.310 e. The highest BCUT2D eigenvalue weighted by molar-refractivity contribution is 6.07. The lowest BCUT2D eigenvalue weighted by molar-refractivity contribution is -0.147. The quantitative estimate of drug-likeness (QED) is 0.132. The minimum Gasteiger partial charge on any atom is -0.466 e. The fourth-order valence-corrected chi connectivity index (χ4v) is 4.33. The first-order chi connectivity index (χ1) is 21.2. The number of aryl methyl sites for hydroxylation is 1. The summed E-state index contributed by atoms with van der Waals surface area (Å²) >= 11 is 0. The number of hydrogen-bond donors (Lipinski definition) is 2. The molecule has 0 unspecified atom stereocenters. The number of ether oxygens (including phenoxy) is 2. The zero-order valence-corrected chi connectivity index (χ0v) is 25.3. The summed E-state index contributed by atoms with van der Waals surface area (Å²) in [7, 11) is 1.92. The first kappa shape index (κ1) is 31.7. The van der Waals surface area contributed by atoms with Crippen LogP contribution in [0.5, 0.6) is 0 Å². The second kappa shape index (κ2) is 14.8. The lowest BCUT2D eigenvalue weighted by Crippen LogP contribution is -2.34. The van der Waals surface area contributed by atoms with Crippen molar-refractivity contribution < 1.29 is 23.9 Å². The fraction of sp³-hybridized carbons (Fsp3) is 0.312. The number of amides is 1. The molecule has 12 heteroatoms. The van der Waals surface area contributed by atoms with Gasteiger partial charge in [-0.2, -0.15) is 0 Å². The molecular formula is C32H37N7O5. The van der Waals surface area contributed by atoms with E-state index in [0.717, 1.165) is 17.0 Å². The number of carbonyl (C=O) groups excluding carboxylic acids is 3. The Labute approximate surface area is 255 Å². The number of pyridine rings is 1. The maximum absolute atomic E-state index is 13.6. The van der Waals surface area contributed by atoms with Crippen molar-refractivity contribution in [3.8, 4) is 0 Å². The predicted octanol–water partition coefficient (Wildman–Crippen LogP) is 4.04. The molecule has 0 fully saturated rings. The number of imidazole rings is 1. The van der Waals surface area contributed by atoms with Crippen molar-refractivity contribution in [3.63, 3.8) is 0 Å². The normalized spacial score (nSPS) is 11.4. The van der Waals surface area contributed by atoms with E-state index >= 15 is 0 Å². The minimum atomic E-state index is -0.380. The van der Waals surface area contributed by atoms with Gasteiger partial charge in [-0.05, 0) is 61.5 Å². The number of aliphatic imine (C=N–C) groups is 1. The summed E-state index contributed by atoms with van der Waals surface area (Å²) in [6, 6.07) is 18.0. The van der Waals surface area contributed by atoms with E-state index in [1.54, 1.807) is 57.3 Å². The summed E-state index contributed by atoms with van der Waals surface area (Å²) in [5.74, 6) is 0.261. The molecule has 0 aliphatic carbocycles. The molecule has 230 valence electrons. The molecule has 12 nitrogen and oxygen atoms in total. The second-order valence-electron chi connectivity index (χ2n) is 10.2. The molecule has 4 rings (SSSR count). The summed E-state index contributed by atoms with van der Waals surface area (Å²) in [5, 5.41) is 3.35. The van der Waals surface area contributed by atoms with Gasteiger partial charge in [0.05, 0.1) is 36.5 Å². The number of carbonyl (C=O) groups is 3. The number of rotatable bonds is 13. The van der Waals surface area contributed by atoms with E-state index in [-0.39, 0.29) is 55.9 Å². The van der Waals surface area contributed by atoms with E-state index in [2.05, 4.69) is 15.3 Å². The van der Waals surface area contributed by atoms with Crippen molar-refractivity contribution in [1.29, 1.82) is 0 Å². The van der Waals surface area contributed by atoms with Gasteiger partial charge in [-0.1, -0.05) is 19.9 Å². The van der Waals surface area contributed by atoms with Gasteiger partial charge in [0.1, 0.15) is 17.5 Å². The summed E-state index contributed by atoms with van der Waals surface area (Å²) in [4.78, 5) is 51.9. The van der Waals surface area contributed by atoms with Gasteiger partial charge in [-0.3, -0.25) is 19.3 Å². The van der Waals surface area contributed by atoms with Gasteiger partial charge in [0.15, 0.2) is 6.73 Å². The monoisotopic (exact) mass is 599 g/mol. The van der Waals surface area contributed by atoms with Crippen LogP contribution in [0, 0.1) is 5.92 Å². The van der Waals surface area contributed by atoms with Gasteiger partial charge in [-0.25, -0.2) is 15.0 Å². The van der Waals surface area contributed by atoms with Crippen LogP contribution >= 0.6 is 0 Å². The Morgan fingerprint density at radius 1 is 1.05 bits per heavy atom. The highest BCUT2D eigenvalue weighted by Gasteiger charge is 2.21. The Kier molecular flexibility index (Phi) is 10.6. The van der Waals surface area contributed by atoms with Crippen molar-refractivity contribution in [2.24, 2.45) is 23.7 Å². The van der Waals surface area contributed by atoms with Gasteiger partial charge in [-0.15, -0.1) is 0 Å². The Morgan fingerprint density at radius 2 is 1.80 bits per heavy atom. The standard InChI is InChI=1S/C32H37N7O5/c1-5-43-29(40)15-17-39(27-8-6-7-16-34-27)31(41)23-11-14-26-25(18-23)37-28(38(26)4)19-35-24-12-9-22(10-13-24)30(33)36-20-44-32(42)21(2)3/h6-14,16,18,21,35H,5,15,17,19-20H2,1-4H3,(H2,33,36). The molecule has 0 spiro atoms. The van der Waals surface area contributed by atoms with E-state index in [1.807, 2.05) is 41.9 Å². The molecule has 0 bridgehead atoms. The number of esters is 2. The third kappa shape index (κ3) is 7.97. The maximum Gasteiger partial charge on any atom is 0.310 e. The number of anilines is 2. The number of amidine groups is 1. The molecule has 0 aliphatic heterocycles. The van der Waals surface area contributed by atoms with Crippen LogP contribution in [-0.2, 0) is 32.7 Å². The number of aromatic nitrogens is 3. The predicted molar refractivity (Wildman–Crippen MR) is 168 cm³/mol. The third-order valence-corrected chi connectivity index (χ3v) is 6.78. The molecular weight excluding hydrogens is 562 g/mol. The van der Waals surface area contributed by atoms with Gasteiger partial charge in [0, 0.05) is 36.6 Å². The molecule has 0 aliphatic rings. The number of fused-ring (bicyclic) bond motifs is 1. The molecule has 4 aromatic rings.